The van der Waals surface area contributed by atoms with E-state index in [0.717, 1.165) is 34.5 Å². The number of hydrogen-bond acceptors (Lipinski definition) is 6. The van der Waals surface area contributed by atoms with Crippen LogP contribution in [0.25, 0.3) is 11.0 Å². The quantitative estimate of drug-likeness (QED) is 0.645. The molecule has 2 heterocycles. The van der Waals surface area contributed by atoms with Crippen molar-refractivity contribution >= 4 is 26.9 Å². The van der Waals surface area contributed by atoms with Gasteiger partial charge in [-0.25, -0.2) is 22.7 Å². The summed E-state index contributed by atoms with van der Waals surface area (Å²) in [5, 5.41) is 0. The number of ether oxygens (including phenoxy) is 1. The maximum Gasteiger partial charge on any atom is 0.211 e. The number of anilines is 1. The highest BCUT2D eigenvalue weighted by Gasteiger charge is 2.26. The molecular formula is C18H29N5O3S. The van der Waals surface area contributed by atoms with Crippen molar-refractivity contribution in [1.82, 2.24) is 18.8 Å². The molecule has 3 rings (SSSR count). The van der Waals surface area contributed by atoms with Gasteiger partial charge in [-0.3, -0.25) is 0 Å². The lowest BCUT2D eigenvalue weighted by molar-refractivity contribution is 0.119. The second-order valence-corrected chi connectivity index (χ2v) is 9.52. The highest BCUT2D eigenvalue weighted by Crippen LogP contribution is 2.34. The number of nitrogen functional groups attached to an aromatic ring is 1. The number of hydrogen-bond donors (Lipinski definition) is 1. The van der Waals surface area contributed by atoms with Gasteiger partial charge in [-0.05, 0) is 38.2 Å². The van der Waals surface area contributed by atoms with E-state index in [0.29, 0.717) is 38.0 Å². The lowest BCUT2D eigenvalue weighted by Crippen LogP contribution is -2.29. The molecular weight excluding hydrogens is 366 g/mol. The highest BCUT2D eigenvalue weighted by molar-refractivity contribution is 7.88. The molecule has 0 radical (unpaired) electrons. The van der Waals surface area contributed by atoms with Crippen molar-refractivity contribution in [2.24, 2.45) is 5.92 Å². The van der Waals surface area contributed by atoms with Gasteiger partial charge in [-0.2, -0.15) is 0 Å². The van der Waals surface area contributed by atoms with E-state index >= 15 is 0 Å². The fourth-order valence-electron chi connectivity index (χ4n) is 3.14. The SMILES string of the molecule is Cc1nc(N)c2nc(CC3CC3)n(CCOCCN(C)S(C)(=O)=O)c2c1C. The van der Waals surface area contributed by atoms with Gasteiger partial charge >= 0.3 is 0 Å². The van der Waals surface area contributed by atoms with Gasteiger partial charge in [0.2, 0.25) is 10.0 Å². The molecule has 27 heavy (non-hydrogen) atoms. The third kappa shape index (κ3) is 4.59. The summed E-state index contributed by atoms with van der Waals surface area (Å²) in [5.41, 5.74) is 9.93. The van der Waals surface area contributed by atoms with Crippen molar-refractivity contribution in [2.45, 2.75) is 39.7 Å². The molecule has 2 aromatic rings. The third-order valence-electron chi connectivity index (χ3n) is 5.22. The minimum absolute atomic E-state index is 0.341. The Bertz CT molecular complexity index is 934. The Morgan fingerprint density at radius 2 is 1.96 bits per heavy atom. The number of likely N-dealkylation sites (N-methyl/N-ethyl adjacent to an activating group) is 1. The zero-order valence-corrected chi connectivity index (χ0v) is 17.3. The van der Waals surface area contributed by atoms with E-state index in [1.807, 2.05) is 13.8 Å². The fourth-order valence-corrected chi connectivity index (χ4v) is 3.55. The molecule has 0 saturated heterocycles. The number of nitrogens with two attached hydrogens (primary N) is 1. The Labute approximate surface area is 160 Å². The average Bonchev–Trinajstić information content (AvgIpc) is 3.32. The first kappa shape index (κ1) is 20.0. The molecule has 2 aromatic heterocycles. The summed E-state index contributed by atoms with van der Waals surface area (Å²) in [7, 11) is -1.62. The zero-order chi connectivity index (χ0) is 19.8. The summed E-state index contributed by atoms with van der Waals surface area (Å²) in [6.07, 6.45) is 4.65. The van der Waals surface area contributed by atoms with Crippen molar-refractivity contribution in [3.8, 4) is 0 Å². The van der Waals surface area contributed by atoms with Crippen molar-refractivity contribution in [3.05, 3.63) is 17.1 Å². The van der Waals surface area contributed by atoms with Crippen LogP contribution >= 0.6 is 0 Å². The Hall–Kier alpha value is -1.71. The van der Waals surface area contributed by atoms with E-state index in [9.17, 15) is 8.42 Å². The first-order chi connectivity index (χ1) is 12.7. The van der Waals surface area contributed by atoms with Crippen molar-refractivity contribution in [3.63, 3.8) is 0 Å². The third-order valence-corrected chi connectivity index (χ3v) is 6.53. The van der Waals surface area contributed by atoms with Crippen LogP contribution in [0.15, 0.2) is 0 Å². The smallest absolute Gasteiger partial charge is 0.211 e. The van der Waals surface area contributed by atoms with Crippen LogP contribution in [0.4, 0.5) is 5.82 Å². The van der Waals surface area contributed by atoms with Crippen molar-refractivity contribution < 1.29 is 13.2 Å². The van der Waals surface area contributed by atoms with Crippen molar-refractivity contribution in [2.75, 3.05) is 38.8 Å². The number of fused-ring (bicyclic) bond motifs is 1. The maximum atomic E-state index is 11.4. The molecule has 9 heteroatoms. The summed E-state index contributed by atoms with van der Waals surface area (Å²) in [5.74, 6) is 2.21. The number of aromatic nitrogens is 3. The standard InChI is InChI=1S/C18H29N5O3S/c1-12-13(2)20-18(19)16-17(12)23(15(21-16)11-14-5-6-14)8-10-26-9-7-22(3)27(4,24)25/h14H,5-11H2,1-4H3,(H2,19,20). The number of sulfonamides is 1. The van der Waals surface area contributed by atoms with Crippen LogP contribution in [-0.2, 0) is 27.7 Å². The summed E-state index contributed by atoms with van der Waals surface area (Å²) in [4.78, 5) is 9.20. The predicted molar refractivity (Wildman–Crippen MR) is 106 cm³/mol. The number of nitrogens with zero attached hydrogens (tertiary/aromatic N) is 4. The molecule has 0 amide bonds. The molecule has 0 aromatic carbocycles. The van der Waals surface area contributed by atoms with Crippen LogP contribution in [0.3, 0.4) is 0 Å². The van der Waals surface area contributed by atoms with Crippen LogP contribution < -0.4 is 5.73 Å². The molecule has 1 aliphatic rings. The second kappa shape index (κ2) is 7.73. The number of pyridine rings is 1. The van der Waals surface area contributed by atoms with Gasteiger partial charge in [-0.15, -0.1) is 0 Å². The molecule has 0 atom stereocenters. The summed E-state index contributed by atoms with van der Waals surface area (Å²) in [6, 6.07) is 0. The normalized spacial score (nSPS) is 15.1. The molecule has 1 aliphatic carbocycles. The molecule has 8 nitrogen and oxygen atoms in total. The summed E-state index contributed by atoms with van der Waals surface area (Å²) < 4.78 is 32.0. The van der Waals surface area contributed by atoms with Gasteiger partial charge in [-0.1, -0.05) is 0 Å². The van der Waals surface area contributed by atoms with Crippen LogP contribution in [0.1, 0.15) is 29.9 Å². The molecule has 0 unspecified atom stereocenters. The number of aryl methyl sites for hydroxylation is 2. The maximum absolute atomic E-state index is 11.4. The Balaban J connectivity index is 1.74. The van der Waals surface area contributed by atoms with Gasteiger partial charge in [0.25, 0.3) is 0 Å². The average molecular weight is 396 g/mol. The van der Waals surface area contributed by atoms with Crippen LogP contribution in [0.2, 0.25) is 0 Å². The van der Waals surface area contributed by atoms with E-state index in [1.54, 1.807) is 7.05 Å². The zero-order valence-electron chi connectivity index (χ0n) is 16.5. The minimum atomic E-state index is -3.17. The molecule has 0 bridgehead atoms. The van der Waals surface area contributed by atoms with E-state index in [1.165, 1.54) is 23.4 Å². The van der Waals surface area contributed by atoms with Crippen LogP contribution in [0, 0.1) is 19.8 Å². The molecule has 1 fully saturated rings. The van der Waals surface area contributed by atoms with Gasteiger partial charge in [0.1, 0.15) is 11.3 Å². The van der Waals surface area contributed by atoms with E-state index < -0.39 is 10.0 Å². The minimum Gasteiger partial charge on any atom is -0.382 e. The molecule has 150 valence electrons. The Morgan fingerprint density at radius 1 is 1.26 bits per heavy atom. The van der Waals surface area contributed by atoms with E-state index in [4.69, 9.17) is 15.5 Å². The number of rotatable bonds is 9. The van der Waals surface area contributed by atoms with Crippen LogP contribution in [-0.4, -0.2) is 60.3 Å². The number of imidazole rings is 1. The second-order valence-electron chi connectivity index (χ2n) is 7.43. The molecule has 0 spiro atoms. The van der Waals surface area contributed by atoms with Crippen LogP contribution in [0.5, 0.6) is 0 Å². The summed E-state index contributed by atoms with van der Waals surface area (Å²) >= 11 is 0. The Morgan fingerprint density at radius 3 is 2.59 bits per heavy atom. The molecule has 1 saturated carbocycles. The lowest BCUT2D eigenvalue weighted by atomic mass is 10.2. The monoisotopic (exact) mass is 395 g/mol. The van der Waals surface area contributed by atoms with E-state index in [-0.39, 0.29) is 0 Å². The lowest BCUT2D eigenvalue weighted by Gasteiger charge is -2.15. The first-order valence-electron chi connectivity index (χ1n) is 9.29. The summed E-state index contributed by atoms with van der Waals surface area (Å²) in [6.45, 7) is 5.85. The van der Waals surface area contributed by atoms with Gasteiger partial charge in [0.05, 0.1) is 25.0 Å². The van der Waals surface area contributed by atoms with Gasteiger partial charge in [0, 0.05) is 32.3 Å². The largest absolute Gasteiger partial charge is 0.382 e. The van der Waals surface area contributed by atoms with E-state index in [2.05, 4.69) is 9.55 Å². The first-order valence-corrected chi connectivity index (χ1v) is 11.1. The fraction of sp³-hybridized carbons (Fsp3) is 0.667. The molecule has 0 aliphatic heterocycles. The highest BCUT2D eigenvalue weighted by atomic mass is 32.2. The van der Waals surface area contributed by atoms with Gasteiger partial charge < -0.3 is 15.0 Å². The Kier molecular flexibility index (Phi) is 5.73. The predicted octanol–water partition coefficient (Wildman–Crippen LogP) is 1.49. The molecule has 2 N–H and O–H groups in total. The topological polar surface area (TPSA) is 103 Å². The van der Waals surface area contributed by atoms with Gasteiger partial charge in [0.15, 0.2) is 5.82 Å². The van der Waals surface area contributed by atoms with Crippen molar-refractivity contribution in [1.29, 1.82) is 0 Å².